The molecule has 16 heavy (non-hydrogen) atoms. The van der Waals surface area contributed by atoms with Gasteiger partial charge in [0.15, 0.2) is 0 Å². The lowest BCUT2D eigenvalue weighted by atomic mass is 10.1. The first-order valence-electron chi connectivity index (χ1n) is 4.56. The third-order valence-corrected chi connectivity index (χ3v) is 2.10. The molecule has 1 N–H and O–H groups in total. The number of nitrogens with zero attached hydrogens (tertiary/aromatic N) is 1. The van der Waals surface area contributed by atoms with Gasteiger partial charge in [-0.1, -0.05) is 11.6 Å². The molecule has 0 aliphatic rings. The van der Waals surface area contributed by atoms with E-state index in [9.17, 15) is 14.9 Å². The smallest absolute Gasteiger partial charge is 0.450 e. The van der Waals surface area contributed by atoms with Crippen LogP contribution in [0.3, 0.4) is 0 Å². The fourth-order valence-corrected chi connectivity index (χ4v) is 1.38. The second kappa shape index (κ2) is 4.61. The molecular formula is C10H11NO5. The first-order valence-corrected chi connectivity index (χ1v) is 4.56. The van der Waals surface area contributed by atoms with Crippen LogP contribution in [-0.2, 0) is 4.74 Å². The summed E-state index contributed by atoms with van der Waals surface area (Å²) in [6.07, 6.45) is -2.32. The molecule has 0 spiro atoms. The molecule has 1 rings (SSSR count). The monoisotopic (exact) mass is 225 g/mol. The Bertz CT molecular complexity index is 429. The average Bonchev–Trinajstić information content (AvgIpc) is 2.15. The number of carboxylic acid groups (broad SMARTS) is 1. The Balaban J connectivity index is 3.13. The molecule has 0 saturated carbocycles. The summed E-state index contributed by atoms with van der Waals surface area (Å²) in [5, 5.41) is 19.2. The molecule has 1 aromatic rings. The van der Waals surface area contributed by atoms with Crippen molar-refractivity contribution >= 4 is 11.8 Å². The lowest BCUT2D eigenvalue weighted by Gasteiger charge is -2.11. The van der Waals surface area contributed by atoms with Crippen LogP contribution in [0.2, 0.25) is 0 Å². The number of rotatable bonds is 3. The second-order valence-electron chi connectivity index (χ2n) is 3.35. The Labute approximate surface area is 91.6 Å². The van der Waals surface area contributed by atoms with E-state index in [-0.39, 0.29) is 11.3 Å². The van der Waals surface area contributed by atoms with Gasteiger partial charge in [-0.05, 0) is 19.9 Å². The van der Waals surface area contributed by atoms with Crippen molar-refractivity contribution in [3.63, 3.8) is 0 Å². The van der Waals surface area contributed by atoms with E-state index >= 15 is 0 Å². The maximum Gasteiger partial charge on any atom is 0.506 e. The van der Waals surface area contributed by atoms with Crippen LogP contribution in [0.15, 0.2) is 18.2 Å². The van der Waals surface area contributed by atoms with Crippen LogP contribution in [0, 0.1) is 17.0 Å². The highest BCUT2D eigenvalue weighted by Gasteiger charge is 2.21. The van der Waals surface area contributed by atoms with Gasteiger partial charge < -0.3 is 9.84 Å². The van der Waals surface area contributed by atoms with Crippen LogP contribution in [0.4, 0.5) is 10.5 Å². The number of hydrogen-bond donors (Lipinski definition) is 1. The quantitative estimate of drug-likeness (QED) is 0.485. The highest BCUT2D eigenvalue weighted by atomic mass is 16.7. The predicted molar refractivity (Wildman–Crippen MR) is 55.4 cm³/mol. The van der Waals surface area contributed by atoms with Crippen molar-refractivity contribution in [1.82, 2.24) is 0 Å². The van der Waals surface area contributed by atoms with Gasteiger partial charge in [0, 0.05) is 6.07 Å². The number of aryl methyl sites for hydroxylation is 1. The summed E-state index contributed by atoms with van der Waals surface area (Å²) in [7, 11) is 0. The molecule has 0 aliphatic heterocycles. The van der Waals surface area contributed by atoms with E-state index in [2.05, 4.69) is 4.74 Å². The van der Waals surface area contributed by atoms with Gasteiger partial charge in [-0.2, -0.15) is 0 Å². The van der Waals surface area contributed by atoms with E-state index < -0.39 is 17.2 Å². The van der Waals surface area contributed by atoms with Crippen LogP contribution in [0.5, 0.6) is 0 Å². The van der Waals surface area contributed by atoms with Gasteiger partial charge in [-0.3, -0.25) is 10.1 Å². The Hall–Kier alpha value is -2.11. The number of ether oxygens (including phenoxy) is 1. The highest BCUT2D eigenvalue weighted by Crippen LogP contribution is 2.28. The molecule has 0 aliphatic carbocycles. The van der Waals surface area contributed by atoms with Gasteiger partial charge in [0.2, 0.25) is 0 Å². The molecule has 0 aromatic heterocycles. The minimum absolute atomic E-state index is 0.139. The first kappa shape index (κ1) is 12.0. The van der Waals surface area contributed by atoms with Gasteiger partial charge in [0.1, 0.15) is 6.10 Å². The molecule has 1 aromatic carbocycles. The first-order chi connectivity index (χ1) is 7.41. The van der Waals surface area contributed by atoms with Crippen LogP contribution in [0.25, 0.3) is 0 Å². The van der Waals surface area contributed by atoms with E-state index in [1.54, 1.807) is 19.1 Å². The highest BCUT2D eigenvalue weighted by molar-refractivity contribution is 5.58. The Morgan fingerprint density at radius 3 is 2.69 bits per heavy atom. The molecule has 0 fully saturated rings. The van der Waals surface area contributed by atoms with Crippen molar-refractivity contribution < 1.29 is 19.6 Å². The van der Waals surface area contributed by atoms with E-state index in [1.807, 2.05) is 0 Å². The number of carbonyl (C=O) groups is 1. The van der Waals surface area contributed by atoms with Crippen LogP contribution >= 0.6 is 0 Å². The molecular weight excluding hydrogens is 214 g/mol. The molecule has 6 nitrogen and oxygen atoms in total. The number of benzene rings is 1. The third kappa shape index (κ3) is 2.69. The SMILES string of the molecule is Cc1ccc([N+](=O)[O-])c(C(C)OC(=O)O)c1. The molecule has 0 bridgehead atoms. The normalized spacial score (nSPS) is 11.9. The van der Waals surface area contributed by atoms with Crippen molar-refractivity contribution in [3.05, 3.63) is 39.4 Å². The van der Waals surface area contributed by atoms with Crippen molar-refractivity contribution in [2.24, 2.45) is 0 Å². The van der Waals surface area contributed by atoms with Crippen molar-refractivity contribution in [1.29, 1.82) is 0 Å². The summed E-state index contributed by atoms with van der Waals surface area (Å²) in [6.45, 7) is 3.22. The second-order valence-corrected chi connectivity index (χ2v) is 3.35. The maximum atomic E-state index is 10.7. The lowest BCUT2D eigenvalue weighted by molar-refractivity contribution is -0.386. The largest absolute Gasteiger partial charge is 0.506 e. The number of nitro benzene ring substituents is 1. The third-order valence-electron chi connectivity index (χ3n) is 2.10. The molecule has 1 atom stereocenters. The van der Waals surface area contributed by atoms with Gasteiger partial charge in [-0.15, -0.1) is 0 Å². The summed E-state index contributed by atoms with van der Waals surface area (Å²) in [5.74, 6) is 0. The molecule has 1 unspecified atom stereocenters. The molecule has 0 heterocycles. The molecule has 86 valence electrons. The zero-order valence-electron chi connectivity index (χ0n) is 8.84. The van der Waals surface area contributed by atoms with Crippen LogP contribution in [-0.4, -0.2) is 16.2 Å². The average molecular weight is 225 g/mol. The van der Waals surface area contributed by atoms with Crippen molar-refractivity contribution in [2.45, 2.75) is 20.0 Å². The van der Waals surface area contributed by atoms with Crippen LogP contribution in [0.1, 0.15) is 24.2 Å². The number of hydrogen-bond acceptors (Lipinski definition) is 4. The molecule has 6 heteroatoms. The summed E-state index contributed by atoms with van der Waals surface area (Å²) in [5.41, 5.74) is 0.924. The van der Waals surface area contributed by atoms with Gasteiger partial charge in [0.25, 0.3) is 5.69 Å². The van der Waals surface area contributed by atoms with E-state index in [4.69, 9.17) is 5.11 Å². The summed E-state index contributed by atoms with van der Waals surface area (Å²) in [6, 6.07) is 4.48. The minimum atomic E-state index is -1.46. The molecule has 0 radical (unpaired) electrons. The fraction of sp³-hybridized carbons (Fsp3) is 0.300. The van der Waals surface area contributed by atoms with E-state index in [1.165, 1.54) is 13.0 Å². The molecule has 0 saturated heterocycles. The van der Waals surface area contributed by atoms with E-state index in [0.29, 0.717) is 0 Å². The summed E-state index contributed by atoms with van der Waals surface area (Å²) < 4.78 is 4.49. The van der Waals surface area contributed by atoms with Gasteiger partial charge >= 0.3 is 6.16 Å². The zero-order chi connectivity index (χ0) is 12.3. The maximum absolute atomic E-state index is 10.7. The summed E-state index contributed by atoms with van der Waals surface area (Å²) in [4.78, 5) is 20.5. The van der Waals surface area contributed by atoms with Gasteiger partial charge in [-0.25, -0.2) is 4.79 Å². The minimum Gasteiger partial charge on any atom is -0.450 e. The summed E-state index contributed by atoms with van der Waals surface area (Å²) >= 11 is 0. The lowest BCUT2D eigenvalue weighted by Crippen LogP contribution is -2.08. The Morgan fingerprint density at radius 2 is 2.19 bits per heavy atom. The van der Waals surface area contributed by atoms with Crippen LogP contribution < -0.4 is 0 Å². The topological polar surface area (TPSA) is 89.7 Å². The standard InChI is InChI=1S/C10H11NO5/c1-6-3-4-9(11(14)15)8(5-6)7(2)16-10(12)13/h3-5,7H,1-2H3,(H,12,13). The zero-order valence-corrected chi connectivity index (χ0v) is 8.84. The predicted octanol–water partition coefficient (Wildman–Crippen LogP) is 2.66. The van der Waals surface area contributed by atoms with Crippen molar-refractivity contribution in [2.75, 3.05) is 0 Å². The Kier molecular flexibility index (Phi) is 3.44. The van der Waals surface area contributed by atoms with Crippen molar-refractivity contribution in [3.8, 4) is 0 Å². The molecule has 0 amide bonds. The Morgan fingerprint density at radius 1 is 1.56 bits per heavy atom. The number of nitro groups is 1. The van der Waals surface area contributed by atoms with Gasteiger partial charge in [0.05, 0.1) is 10.5 Å². The van der Waals surface area contributed by atoms with E-state index in [0.717, 1.165) is 5.56 Å². The fourth-order valence-electron chi connectivity index (χ4n) is 1.38.